The third-order valence-electron chi connectivity index (χ3n) is 2.32. The van der Waals surface area contributed by atoms with E-state index in [0.29, 0.717) is 5.02 Å². The van der Waals surface area contributed by atoms with Crippen molar-refractivity contribution in [2.24, 2.45) is 0 Å². The number of anilines is 1. The summed E-state index contributed by atoms with van der Waals surface area (Å²) < 4.78 is 0. The average Bonchev–Trinajstić information content (AvgIpc) is 3.00. The molecule has 0 bridgehead atoms. The highest BCUT2D eigenvalue weighted by Gasteiger charge is 2.24. The maximum atomic E-state index is 11.5. The molecule has 1 aliphatic rings. The van der Waals surface area contributed by atoms with Gasteiger partial charge in [-0.3, -0.25) is 10.1 Å². The van der Waals surface area contributed by atoms with Gasteiger partial charge in [-0.25, -0.2) is 4.79 Å². The van der Waals surface area contributed by atoms with Gasteiger partial charge >= 0.3 is 6.03 Å². The van der Waals surface area contributed by atoms with Crippen LogP contribution in [0.15, 0.2) is 18.2 Å². The first-order valence-corrected chi connectivity index (χ1v) is 5.45. The molecule has 2 rings (SSSR count). The van der Waals surface area contributed by atoms with Crippen molar-refractivity contribution in [1.29, 1.82) is 0 Å². The summed E-state index contributed by atoms with van der Waals surface area (Å²) in [5.41, 5.74) is -0.0824. The summed E-state index contributed by atoms with van der Waals surface area (Å²) in [4.78, 5) is 21.6. The Bertz CT molecular complexity index is 474. The molecule has 1 aromatic rings. The van der Waals surface area contributed by atoms with Crippen LogP contribution in [0.25, 0.3) is 0 Å². The lowest BCUT2D eigenvalue weighted by Gasteiger charge is -2.07. The van der Waals surface area contributed by atoms with Crippen molar-refractivity contribution in [3.63, 3.8) is 0 Å². The van der Waals surface area contributed by atoms with Gasteiger partial charge in [-0.1, -0.05) is 11.6 Å². The van der Waals surface area contributed by atoms with Crippen LogP contribution in [0.5, 0.6) is 0 Å². The van der Waals surface area contributed by atoms with Crippen LogP contribution in [0.3, 0.4) is 0 Å². The summed E-state index contributed by atoms with van der Waals surface area (Å²) in [5.74, 6) is 0. The van der Waals surface area contributed by atoms with Crippen LogP contribution in [0.4, 0.5) is 16.2 Å². The minimum atomic E-state index is -0.566. The Morgan fingerprint density at radius 1 is 1.47 bits per heavy atom. The second kappa shape index (κ2) is 4.58. The number of nitrogens with zero attached hydrogens (tertiary/aromatic N) is 1. The molecule has 2 N–H and O–H groups in total. The van der Waals surface area contributed by atoms with E-state index in [0.717, 1.165) is 12.8 Å². The van der Waals surface area contributed by atoms with E-state index in [9.17, 15) is 14.9 Å². The summed E-state index contributed by atoms with van der Waals surface area (Å²) in [6.45, 7) is 0. The largest absolute Gasteiger partial charge is 0.335 e. The Labute approximate surface area is 102 Å². The lowest BCUT2D eigenvalue weighted by atomic mass is 10.2. The summed E-state index contributed by atoms with van der Waals surface area (Å²) in [6.07, 6.45) is 1.90. The zero-order chi connectivity index (χ0) is 12.4. The minimum absolute atomic E-state index is 0.0978. The van der Waals surface area contributed by atoms with Crippen molar-refractivity contribution in [1.82, 2.24) is 5.32 Å². The van der Waals surface area contributed by atoms with Crippen LogP contribution in [-0.2, 0) is 0 Å². The van der Waals surface area contributed by atoms with Crippen LogP contribution in [-0.4, -0.2) is 17.0 Å². The van der Waals surface area contributed by atoms with Crippen LogP contribution >= 0.6 is 11.6 Å². The van der Waals surface area contributed by atoms with E-state index in [1.165, 1.54) is 18.2 Å². The predicted molar refractivity (Wildman–Crippen MR) is 63.3 cm³/mol. The molecule has 0 radical (unpaired) electrons. The molecule has 0 aliphatic heterocycles. The van der Waals surface area contributed by atoms with Crippen molar-refractivity contribution in [3.8, 4) is 0 Å². The number of benzene rings is 1. The van der Waals surface area contributed by atoms with Gasteiger partial charge in [0.25, 0.3) is 5.69 Å². The van der Waals surface area contributed by atoms with Gasteiger partial charge in [-0.2, -0.15) is 0 Å². The molecule has 90 valence electrons. The molecule has 1 aromatic carbocycles. The Morgan fingerprint density at radius 3 is 2.76 bits per heavy atom. The maximum Gasteiger partial charge on any atom is 0.319 e. The van der Waals surface area contributed by atoms with Gasteiger partial charge in [-0.15, -0.1) is 0 Å². The first-order valence-electron chi connectivity index (χ1n) is 5.08. The SMILES string of the molecule is O=C(Nc1cc(Cl)ccc1[N+](=O)[O-])NC1CC1. The van der Waals surface area contributed by atoms with Gasteiger partial charge in [0.05, 0.1) is 4.92 Å². The Balaban J connectivity index is 2.14. The maximum absolute atomic E-state index is 11.5. The predicted octanol–water partition coefficient (Wildman–Crippen LogP) is 2.53. The average molecular weight is 256 g/mol. The number of nitrogens with one attached hydrogen (secondary N) is 2. The molecule has 7 heteroatoms. The quantitative estimate of drug-likeness (QED) is 0.643. The third-order valence-corrected chi connectivity index (χ3v) is 2.55. The highest BCUT2D eigenvalue weighted by molar-refractivity contribution is 6.31. The zero-order valence-electron chi connectivity index (χ0n) is 8.77. The van der Waals surface area contributed by atoms with Crippen molar-refractivity contribution in [2.45, 2.75) is 18.9 Å². The summed E-state index contributed by atoms with van der Waals surface area (Å²) >= 11 is 5.73. The molecule has 0 saturated heterocycles. The fraction of sp³-hybridized carbons (Fsp3) is 0.300. The van der Waals surface area contributed by atoms with E-state index >= 15 is 0 Å². The minimum Gasteiger partial charge on any atom is -0.335 e. The van der Waals surface area contributed by atoms with Crippen molar-refractivity contribution in [2.75, 3.05) is 5.32 Å². The molecule has 1 saturated carbocycles. The van der Waals surface area contributed by atoms with E-state index in [4.69, 9.17) is 11.6 Å². The number of amides is 2. The van der Waals surface area contributed by atoms with E-state index in [1.807, 2.05) is 0 Å². The number of nitro benzene ring substituents is 1. The zero-order valence-corrected chi connectivity index (χ0v) is 9.53. The van der Waals surface area contributed by atoms with E-state index in [-0.39, 0.29) is 17.4 Å². The molecule has 6 nitrogen and oxygen atoms in total. The molecule has 17 heavy (non-hydrogen) atoms. The van der Waals surface area contributed by atoms with Crippen LogP contribution in [0.2, 0.25) is 5.02 Å². The Morgan fingerprint density at radius 2 is 2.18 bits per heavy atom. The van der Waals surface area contributed by atoms with Gasteiger partial charge in [-0.05, 0) is 25.0 Å². The fourth-order valence-corrected chi connectivity index (χ4v) is 1.51. The molecule has 0 spiro atoms. The summed E-state index contributed by atoms with van der Waals surface area (Å²) in [6, 6.07) is 3.76. The first-order chi connectivity index (χ1) is 8.06. The third kappa shape index (κ3) is 3.07. The number of carbonyl (C=O) groups is 1. The highest BCUT2D eigenvalue weighted by Crippen LogP contribution is 2.27. The second-order valence-electron chi connectivity index (χ2n) is 3.79. The number of carbonyl (C=O) groups excluding carboxylic acids is 1. The van der Waals surface area contributed by atoms with Gasteiger partial charge < -0.3 is 10.6 Å². The summed E-state index contributed by atoms with van der Waals surface area (Å²) in [5, 5.41) is 16.2. The van der Waals surface area contributed by atoms with Crippen LogP contribution in [0, 0.1) is 10.1 Å². The first kappa shape index (κ1) is 11.7. The van der Waals surface area contributed by atoms with Crippen molar-refractivity contribution < 1.29 is 9.72 Å². The molecule has 1 aliphatic carbocycles. The van der Waals surface area contributed by atoms with Crippen molar-refractivity contribution in [3.05, 3.63) is 33.3 Å². The Kier molecular flexibility index (Phi) is 3.14. The number of rotatable bonds is 3. The fourth-order valence-electron chi connectivity index (χ4n) is 1.34. The molecule has 0 atom stereocenters. The van der Waals surface area contributed by atoms with Gasteiger partial charge in [0.1, 0.15) is 5.69 Å². The smallest absolute Gasteiger partial charge is 0.319 e. The number of urea groups is 1. The molecule has 0 aromatic heterocycles. The van der Waals surface area contributed by atoms with Gasteiger partial charge in [0, 0.05) is 17.1 Å². The Hall–Kier alpha value is -1.82. The number of hydrogen-bond acceptors (Lipinski definition) is 3. The second-order valence-corrected chi connectivity index (χ2v) is 4.23. The van der Waals surface area contributed by atoms with E-state index < -0.39 is 11.0 Å². The highest BCUT2D eigenvalue weighted by atomic mass is 35.5. The number of hydrogen-bond donors (Lipinski definition) is 2. The lowest BCUT2D eigenvalue weighted by Crippen LogP contribution is -2.30. The lowest BCUT2D eigenvalue weighted by molar-refractivity contribution is -0.383. The standard InChI is InChI=1S/C10H10ClN3O3/c11-6-1-4-9(14(16)17)8(5-6)13-10(15)12-7-2-3-7/h1,4-5,7H,2-3H2,(H2,12,13,15). The number of nitro groups is 1. The molecule has 0 unspecified atom stereocenters. The molecular formula is C10H10ClN3O3. The van der Waals surface area contributed by atoms with Gasteiger partial charge in [0.15, 0.2) is 0 Å². The van der Waals surface area contributed by atoms with E-state index in [1.54, 1.807) is 0 Å². The molecular weight excluding hydrogens is 246 g/mol. The normalized spacial score (nSPS) is 14.2. The molecule has 0 heterocycles. The monoisotopic (exact) mass is 255 g/mol. The molecule has 2 amide bonds. The van der Waals surface area contributed by atoms with Crippen LogP contribution < -0.4 is 10.6 Å². The molecule has 1 fully saturated rings. The van der Waals surface area contributed by atoms with Crippen molar-refractivity contribution >= 4 is 29.0 Å². The summed E-state index contributed by atoms with van der Waals surface area (Å²) in [7, 11) is 0. The van der Waals surface area contributed by atoms with Crippen LogP contribution in [0.1, 0.15) is 12.8 Å². The number of halogens is 1. The van der Waals surface area contributed by atoms with Gasteiger partial charge in [0.2, 0.25) is 0 Å². The van der Waals surface area contributed by atoms with E-state index in [2.05, 4.69) is 10.6 Å². The topological polar surface area (TPSA) is 84.3 Å².